The molecule has 0 bridgehead atoms. The van der Waals surface area contributed by atoms with Crippen LogP contribution in [-0.2, 0) is 12.8 Å². The van der Waals surface area contributed by atoms with Crippen LogP contribution in [0.1, 0.15) is 11.1 Å². The maximum Gasteiger partial charge on any atom is 0.417 e. The zero-order valence-electron chi connectivity index (χ0n) is 7.30. The first-order valence-electron chi connectivity index (χ1n) is 3.70. The van der Waals surface area contributed by atoms with Crippen molar-refractivity contribution in [2.24, 2.45) is 0 Å². The number of aliphatic hydroxyl groups is 1. The topological polar surface area (TPSA) is 42.4 Å². The van der Waals surface area contributed by atoms with Crippen LogP contribution >= 0.6 is 0 Å². The molecule has 0 fully saturated rings. The summed E-state index contributed by atoms with van der Waals surface area (Å²) in [4.78, 5) is 3.56. The molecule has 0 radical (unpaired) electrons. The third-order valence-corrected chi connectivity index (χ3v) is 1.67. The number of hydrogen-bond donors (Lipinski definition) is 1. The predicted octanol–water partition coefficient (Wildman–Crippen LogP) is 1.60. The first kappa shape index (κ1) is 10.8. The smallest absolute Gasteiger partial charge is 0.417 e. The Kier molecular flexibility index (Phi) is 2.95. The van der Waals surface area contributed by atoms with Crippen molar-refractivity contribution in [3.05, 3.63) is 23.4 Å². The molecule has 6 heteroatoms. The lowest BCUT2D eigenvalue weighted by molar-refractivity contribution is -0.138. The third kappa shape index (κ3) is 1.95. The van der Waals surface area contributed by atoms with Gasteiger partial charge in [0.05, 0.1) is 24.8 Å². The van der Waals surface area contributed by atoms with Gasteiger partial charge in [0.2, 0.25) is 5.88 Å². The fourth-order valence-electron chi connectivity index (χ4n) is 1.07. The average molecular weight is 207 g/mol. The van der Waals surface area contributed by atoms with E-state index in [1.165, 1.54) is 7.11 Å². The standard InChI is InChI=1S/C8H8F3NO2/c1-14-7-5(4-13)6(2-3-12-7)8(9,10)11/h2-3,13H,4H2,1H3. The van der Waals surface area contributed by atoms with Gasteiger partial charge in [0.1, 0.15) is 0 Å². The van der Waals surface area contributed by atoms with Gasteiger partial charge in [-0.3, -0.25) is 0 Å². The van der Waals surface area contributed by atoms with Crippen molar-refractivity contribution >= 4 is 0 Å². The van der Waals surface area contributed by atoms with E-state index in [0.717, 1.165) is 12.3 Å². The maximum absolute atomic E-state index is 12.4. The number of rotatable bonds is 2. The van der Waals surface area contributed by atoms with Crippen LogP contribution in [0.15, 0.2) is 12.3 Å². The number of aromatic nitrogens is 1. The van der Waals surface area contributed by atoms with Gasteiger partial charge in [-0.2, -0.15) is 13.2 Å². The van der Waals surface area contributed by atoms with E-state index in [-0.39, 0.29) is 11.4 Å². The number of nitrogens with zero attached hydrogens (tertiary/aromatic N) is 1. The number of pyridine rings is 1. The quantitative estimate of drug-likeness (QED) is 0.800. The highest BCUT2D eigenvalue weighted by Crippen LogP contribution is 2.34. The summed E-state index contributed by atoms with van der Waals surface area (Å²) in [6.07, 6.45) is -3.52. The minimum atomic E-state index is -4.51. The molecule has 0 aliphatic heterocycles. The highest BCUT2D eigenvalue weighted by Gasteiger charge is 2.34. The van der Waals surface area contributed by atoms with Crippen molar-refractivity contribution in [3.63, 3.8) is 0 Å². The van der Waals surface area contributed by atoms with E-state index in [9.17, 15) is 13.2 Å². The summed E-state index contributed by atoms with van der Waals surface area (Å²) < 4.78 is 41.7. The van der Waals surface area contributed by atoms with E-state index in [0.29, 0.717) is 0 Å². The monoisotopic (exact) mass is 207 g/mol. The van der Waals surface area contributed by atoms with E-state index in [1.54, 1.807) is 0 Å². The fourth-order valence-corrected chi connectivity index (χ4v) is 1.07. The molecular weight excluding hydrogens is 199 g/mol. The van der Waals surface area contributed by atoms with Crippen molar-refractivity contribution in [2.75, 3.05) is 7.11 Å². The first-order valence-corrected chi connectivity index (χ1v) is 3.70. The summed E-state index contributed by atoms with van der Waals surface area (Å²) in [7, 11) is 1.20. The maximum atomic E-state index is 12.4. The number of halogens is 3. The zero-order chi connectivity index (χ0) is 10.8. The molecule has 0 atom stereocenters. The average Bonchev–Trinajstić information content (AvgIpc) is 2.15. The summed E-state index contributed by atoms with van der Waals surface area (Å²) in [6.45, 7) is -0.758. The SMILES string of the molecule is COc1nccc(C(F)(F)F)c1CO. The lowest BCUT2D eigenvalue weighted by Crippen LogP contribution is -2.11. The molecule has 0 saturated heterocycles. The molecule has 14 heavy (non-hydrogen) atoms. The molecule has 0 saturated carbocycles. The molecule has 1 heterocycles. The van der Waals surface area contributed by atoms with Crippen molar-refractivity contribution in [1.29, 1.82) is 0 Å². The Hall–Kier alpha value is -1.30. The van der Waals surface area contributed by atoms with Crippen LogP contribution in [0.5, 0.6) is 5.88 Å². The summed E-state index contributed by atoms with van der Waals surface area (Å²) in [5.74, 6) is -0.206. The minimum absolute atomic E-state index is 0.206. The Bertz CT molecular complexity index is 325. The van der Waals surface area contributed by atoms with Crippen molar-refractivity contribution in [3.8, 4) is 5.88 Å². The molecular formula is C8H8F3NO2. The van der Waals surface area contributed by atoms with Gasteiger partial charge in [-0.25, -0.2) is 4.98 Å². The van der Waals surface area contributed by atoms with E-state index in [2.05, 4.69) is 9.72 Å². The van der Waals surface area contributed by atoms with Crippen LogP contribution in [0.3, 0.4) is 0 Å². The highest BCUT2D eigenvalue weighted by atomic mass is 19.4. The number of aliphatic hydroxyl groups excluding tert-OH is 1. The molecule has 0 amide bonds. The molecule has 1 aromatic heterocycles. The second kappa shape index (κ2) is 3.83. The first-order chi connectivity index (χ1) is 6.50. The second-order valence-electron chi connectivity index (χ2n) is 2.50. The van der Waals surface area contributed by atoms with Gasteiger partial charge in [-0.1, -0.05) is 0 Å². The van der Waals surface area contributed by atoms with E-state index in [1.807, 2.05) is 0 Å². The molecule has 0 aliphatic carbocycles. The van der Waals surface area contributed by atoms with Gasteiger partial charge >= 0.3 is 6.18 Å². The Balaban J connectivity index is 3.29. The lowest BCUT2D eigenvalue weighted by Gasteiger charge is -2.12. The molecule has 3 nitrogen and oxygen atoms in total. The Morgan fingerprint density at radius 3 is 2.57 bits per heavy atom. The summed E-state index contributed by atoms with van der Waals surface area (Å²) >= 11 is 0. The van der Waals surface area contributed by atoms with Crippen molar-refractivity contribution in [1.82, 2.24) is 4.98 Å². The third-order valence-electron chi connectivity index (χ3n) is 1.67. The predicted molar refractivity (Wildman–Crippen MR) is 41.7 cm³/mol. The lowest BCUT2D eigenvalue weighted by atomic mass is 10.1. The van der Waals surface area contributed by atoms with Crippen LogP contribution in [0.4, 0.5) is 13.2 Å². The van der Waals surface area contributed by atoms with Crippen LogP contribution in [0, 0.1) is 0 Å². The number of hydrogen-bond acceptors (Lipinski definition) is 3. The van der Waals surface area contributed by atoms with Crippen molar-refractivity contribution < 1.29 is 23.0 Å². The van der Waals surface area contributed by atoms with Crippen LogP contribution in [-0.4, -0.2) is 17.2 Å². The molecule has 0 aliphatic rings. The highest BCUT2D eigenvalue weighted by molar-refractivity contribution is 5.35. The summed E-state index contributed by atoms with van der Waals surface area (Å²) in [5, 5.41) is 8.77. The van der Waals surface area contributed by atoms with Crippen LogP contribution in [0.25, 0.3) is 0 Å². The number of methoxy groups -OCH3 is 1. The Morgan fingerprint density at radius 1 is 1.50 bits per heavy atom. The van der Waals surface area contributed by atoms with Gasteiger partial charge in [0.15, 0.2) is 0 Å². The Morgan fingerprint density at radius 2 is 2.14 bits per heavy atom. The van der Waals surface area contributed by atoms with Gasteiger partial charge < -0.3 is 9.84 Å². The van der Waals surface area contributed by atoms with Crippen molar-refractivity contribution in [2.45, 2.75) is 12.8 Å². The molecule has 1 N–H and O–H groups in total. The van der Waals surface area contributed by atoms with Gasteiger partial charge in [0.25, 0.3) is 0 Å². The molecule has 0 unspecified atom stereocenters. The minimum Gasteiger partial charge on any atom is -0.481 e. The number of alkyl halides is 3. The summed E-state index contributed by atoms with van der Waals surface area (Å²) in [5.41, 5.74) is -1.27. The van der Waals surface area contributed by atoms with Gasteiger partial charge in [-0.15, -0.1) is 0 Å². The van der Waals surface area contributed by atoms with Gasteiger partial charge in [-0.05, 0) is 6.07 Å². The second-order valence-corrected chi connectivity index (χ2v) is 2.50. The normalized spacial score (nSPS) is 11.5. The summed E-state index contributed by atoms with van der Waals surface area (Å²) in [6, 6.07) is 0.800. The molecule has 78 valence electrons. The molecule has 1 rings (SSSR count). The zero-order valence-corrected chi connectivity index (χ0v) is 7.30. The molecule has 1 aromatic rings. The fraction of sp³-hybridized carbons (Fsp3) is 0.375. The Labute approximate surface area is 78.2 Å². The largest absolute Gasteiger partial charge is 0.481 e. The van der Waals surface area contributed by atoms with Crippen LogP contribution < -0.4 is 4.74 Å². The van der Waals surface area contributed by atoms with Gasteiger partial charge in [0, 0.05) is 6.20 Å². The van der Waals surface area contributed by atoms with E-state index < -0.39 is 18.3 Å². The molecule has 0 aromatic carbocycles. The number of ether oxygens (including phenoxy) is 1. The molecule has 0 spiro atoms. The van der Waals surface area contributed by atoms with Crippen LogP contribution in [0.2, 0.25) is 0 Å². The van der Waals surface area contributed by atoms with E-state index in [4.69, 9.17) is 5.11 Å². The van der Waals surface area contributed by atoms with E-state index >= 15 is 0 Å².